The molecule has 4 nitrogen and oxygen atoms in total. The second-order valence-electron chi connectivity index (χ2n) is 4.10. The number of aryl methyl sites for hydroxylation is 1. The molecule has 0 radical (unpaired) electrons. The summed E-state index contributed by atoms with van der Waals surface area (Å²) in [4.78, 5) is 0. The normalized spacial score (nSPS) is 11.6. The molecule has 0 saturated heterocycles. The van der Waals surface area contributed by atoms with Crippen LogP contribution in [0.3, 0.4) is 0 Å². The lowest BCUT2D eigenvalue weighted by Crippen LogP contribution is -2.08. The van der Waals surface area contributed by atoms with Crippen molar-refractivity contribution in [1.82, 2.24) is 10.2 Å². The largest absolute Gasteiger partial charge is 0.282 e. The summed E-state index contributed by atoms with van der Waals surface area (Å²) in [5.74, 6) is 0.0627. The average molecular weight is 250 g/mol. The molecule has 0 aliphatic carbocycles. The van der Waals surface area contributed by atoms with E-state index in [2.05, 4.69) is 10.2 Å². The van der Waals surface area contributed by atoms with Gasteiger partial charge in [-0.2, -0.15) is 5.10 Å². The zero-order chi connectivity index (χ0) is 12.3. The highest BCUT2D eigenvalue weighted by atomic mass is 32.2. The van der Waals surface area contributed by atoms with Crippen molar-refractivity contribution in [2.45, 2.75) is 18.4 Å². The maximum absolute atomic E-state index is 11.9. The summed E-state index contributed by atoms with van der Waals surface area (Å²) in [6.07, 6.45) is 1.55. The molecule has 2 rings (SSSR count). The Kier molecular flexibility index (Phi) is 3.28. The minimum atomic E-state index is -3.14. The van der Waals surface area contributed by atoms with Crippen LogP contribution in [0.5, 0.6) is 0 Å². The van der Waals surface area contributed by atoms with Crippen molar-refractivity contribution in [2.75, 3.05) is 0 Å². The van der Waals surface area contributed by atoms with Crippen molar-refractivity contribution in [3.63, 3.8) is 0 Å². The molecule has 17 heavy (non-hydrogen) atoms. The predicted octanol–water partition coefficient (Wildman–Crippen LogP) is 1.83. The topological polar surface area (TPSA) is 62.8 Å². The highest BCUT2D eigenvalue weighted by Gasteiger charge is 2.13. The number of benzene rings is 1. The Balaban J connectivity index is 2.09. The van der Waals surface area contributed by atoms with E-state index in [0.29, 0.717) is 5.69 Å². The van der Waals surface area contributed by atoms with Crippen LogP contribution in [0.15, 0.2) is 36.5 Å². The standard InChI is InChI=1S/C12H14N2O2S/c1-10-2-4-11(5-3-10)8-17(15,16)9-12-6-7-13-14-12/h2-7H,8-9H2,1H3,(H,13,14). The maximum Gasteiger partial charge on any atom is 0.160 e. The molecule has 0 atom stereocenters. The fourth-order valence-electron chi connectivity index (χ4n) is 1.59. The highest BCUT2D eigenvalue weighted by molar-refractivity contribution is 7.89. The second kappa shape index (κ2) is 4.71. The Morgan fingerprint density at radius 1 is 1.12 bits per heavy atom. The Labute approximate surface area is 101 Å². The third kappa shape index (κ3) is 3.42. The molecule has 5 heteroatoms. The molecule has 0 saturated carbocycles. The summed E-state index contributed by atoms with van der Waals surface area (Å²) in [7, 11) is -3.14. The molecule has 0 amide bonds. The SMILES string of the molecule is Cc1ccc(CS(=O)(=O)Cc2ccn[nH]2)cc1. The van der Waals surface area contributed by atoms with Gasteiger partial charge in [0.05, 0.1) is 17.2 Å². The van der Waals surface area contributed by atoms with Gasteiger partial charge in [0.25, 0.3) is 0 Å². The minimum absolute atomic E-state index is 0.000869. The van der Waals surface area contributed by atoms with Gasteiger partial charge in [0, 0.05) is 6.20 Å². The van der Waals surface area contributed by atoms with Crippen LogP contribution in [0, 0.1) is 6.92 Å². The van der Waals surface area contributed by atoms with Gasteiger partial charge in [-0.15, -0.1) is 0 Å². The number of sulfone groups is 1. The second-order valence-corrected chi connectivity index (χ2v) is 6.16. The van der Waals surface area contributed by atoms with Gasteiger partial charge in [0.1, 0.15) is 0 Å². The molecule has 0 spiro atoms. The monoisotopic (exact) mass is 250 g/mol. The molecule has 0 bridgehead atoms. The van der Waals surface area contributed by atoms with E-state index in [0.717, 1.165) is 11.1 Å². The molecular formula is C12H14N2O2S. The van der Waals surface area contributed by atoms with E-state index in [1.165, 1.54) is 0 Å². The number of hydrogen-bond donors (Lipinski definition) is 1. The van der Waals surface area contributed by atoms with Gasteiger partial charge in [-0.3, -0.25) is 5.10 Å². The molecule has 0 unspecified atom stereocenters. The van der Waals surface area contributed by atoms with Crippen molar-refractivity contribution in [3.05, 3.63) is 53.3 Å². The molecule has 1 heterocycles. The summed E-state index contributed by atoms with van der Waals surface area (Å²) < 4.78 is 23.8. The lowest BCUT2D eigenvalue weighted by atomic mass is 10.2. The lowest BCUT2D eigenvalue weighted by molar-refractivity contribution is 0.593. The Bertz CT molecular complexity index is 571. The summed E-state index contributed by atoms with van der Waals surface area (Å²) in [6.45, 7) is 1.98. The number of nitrogens with one attached hydrogen (secondary N) is 1. The predicted molar refractivity (Wildman–Crippen MR) is 66.1 cm³/mol. The van der Waals surface area contributed by atoms with E-state index in [1.807, 2.05) is 31.2 Å². The van der Waals surface area contributed by atoms with Crippen LogP contribution in [0.2, 0.25) is 0 Å². The molecule has 1 aromatic heterocycles. The zero-order valence-corrected chi connectivity index (χ0v) is 10.4. The van der Waals surface area contributed by atoms with Gasteiger partial charge in [0.15, 0.2) is 9.84 Å². The highest BCUT2D eigenvalue weighted by Crippen LogP contribution is 2.11. The Hall–Kier alpha value is -1.62. The van der Waals surface area contributed by atoms with Crippen molar-refractivity contribution < 1.29 is 8.42 Å². The third-order valence-electron chi connectivity index (χ3n) is 2.44. The molecule has 0 fully saturated rings. The number of rotatable bonds is 4. The summed E-state index contributed by atoms with van der Waals surface area (Å²) >= 11 is 0. The van der Waals surface area contributed by atoms with E-state index < -0.39 is 9.84 Å². The van der Waals surface area contributed by atoms with Crippen LogP contribution in [0.4, 0.5) is 0 Å². The van der Waals surface area contributed by atoms with Crippen LogP contribution < -0.4 is 0 Å². The van der Waals surface area contributed by atoms with E-state index in [4.69, 9.17) is 0 Å². The van der Waals surface area contributed by atoms with E-state index in [-0.39, 0.29) is 11.5 Å². The molecule has 1 N–H and O–H groups in total. The molecule has 90 valence electrons. The Morgan fingerprint density at radius 2 is 1.82 bits per heavy atom. The maximum atomic E-state index is 11.9. The molecule has 2 aromatic rings. The first-order valence-corrected chi connectivity index (χ1v) is 7.11. The van der Waals surface area contributed by atoms with Gasteiger partial charge in [-0.25, -0.2) is 8.42 Å². The number of aromatic amines is 1. The van der Waals surface area contributed by atoms with Gasteiger partial charge in [-0.05, 0) is 18.6 Å². The zero-order valence-electron chi connectivity index (χ0n) is 9.55. The number of H-pyrrole nitrogens is 1. The van der Waals surface area contributed by atoms with Gasteiger partial charge in [-0.1, -0.05) is 29.8 Å². The van der Waals surface area contributed by atoms with Crippen molar-refractivity contribution in [3.8, 4) is 0 Å². The first kappa shape index (κ1) is 11.9. The quantitative estimate of drug-likeness (QED) is 0.900. The summed E-state index contributed by atoms with van der Waals surface area (Å²) in [5, 5.41) is 6.39. The number of nitrogens with zero attached hydrogens (tertiary/aromatic N) is 1. The summed E-state index contributed by atoms with van der Waals surface area (Å²) in [5.41, 5.74) is 2.56. The van der Waals surface area contributed by atoms with Crippen LogP contribution in [-0.2, 0) is 21.3 Å². The van der Waals surface area contributed by atoms with Crippen molar-refractivity contribution in [2.24, 2.45) is 0 Å². The smallest absolute Gasteiger partial charge is 0.160 e. The minimum Gasteiger partial charge on any atom is -0.282 e. The van der Waals surface area contributed by atoms with Gasteiger partial charge in [0.2, 0.25) is 0 Å². The number of hydrogen-bond acceptors (Lipinski definition) is 3. The summed E-state index contributed by atoms with van der Waals surface area (Å²) in [6, 6.07) is 9.20. The molecule has 0 aliphatic rings. The van der Waals surface area contributed by atoms with E-state index in [9.17, 15) is 8.42 Å². The Morgan fingerprint density at radius 3 is 2.41 bits per heavy atom. The van der Waals surface area contributed by atoms with Gasteiger partial charge >= 0.3 is 0 Å². The van der Waals surface area contributed by atoms with Crippen molar-refractivity contribution >= 4 is 9.84 Å². The average Bonchev–Trinajstić information content (AvgIpc) is 2.73. The molecule has 1 aromatic carbocycles. The van der Waals surface area contributed by atoms with Crippen molar-refractivity contribution in [1.29, 1.82) is 0 Å². The molecular weight excluding hydrogens is 236 g/mol. The van der Waals surface area contributed by atoms with Crippen LogP contribution in [-0.4, -0.2) is 18.6 Å². The fourth-order valence-corrected chi connectivity index (χ4v) is 3.03. The van der Waals surface area contributed by atoms with Crippen LogP contribution >= 0.6 is 0 Å². The lowest BCUT2D eigenvalue weighted by Gasteiger charge is -2.03. The first-order valence-electron chi connectivity index (χ1n) is 5.29. The van der Waals surface area contributed by atoms with E-state index in [1.54, 1.807) is 12.3 Å². The fraction of sp³-hybridized carbons (Fsp3) is 0.250. The van der Waals surface area contributed by atoms with Gasteiger partial charge < -0.3 is 0 Å². The van der Waals surface area contributed by atoms with Crippen LogP contribution in [0.25, 0.3) is 0 Å². The number of aromatic nitrogens is 2. The third-order valence-corrected chi connectivity index (χ3v) is 3.97. The molecule has 0 aliphatic heterocycles. The van der Waals surface area contributed by atoms with E-state index >= 15 is 0 Å². The van der Waals surface area contributed by atoms with Crippen LogP contribution in [0.1, 0.15) is 16.8 Å². The first-order chi connectivity index (χ1) is 8.05.